The number of benzene rings is 2. The van der Waals surface area contributed by atoms with E-state index in [9.17, 15) is 39.2 Å². The van der Waals surface area contributed by atoms with Crippen LogP contribution in [0.4, 0.5) is 36.4 Å². The second-order valence-electron chi connectivity index (χ2n) is 4.47. The van der Waals surface area contributed by atoms with Crippen LogP contribution in [0.3, 0.4) is 0 Å². The van der Waals surface area contributed by atoms with Gasteiger partial charge in [-0.1, -0.05) is 0 Å². The lowest BCUT2D eigenvalue weighted by molar-refractivity contribution is -0.139. The summed E-state index contributed by atoms with van der Waals surface area (Å²) in [6.45, 7) is 0. The Morgan fingerprint density at radius 3 is 2.00 bits per heavy atom. The fourth-order valence-electron chi connectivity index (χ4n) is 1.73. The lowest BCUT2D eigenvalue weighted by atomic mass is 10.2. The van der Waals surface area contributed by atoms with E-state index in [1.807, 2.05) is 0 Å². The molecule has 11 heteroatoms. The van der Waals surface area contributed by atoms with E-state index in [1.165, 1.54) is 4.72 Å². The van der Waals surface area contributed by atoms with Crippen molar-refractivity contribution in [2.75, 3.05) is 4.72 Å². The molecule has 2 aromatic rings. The monoisotopic (exact) mass is 373 g/mol. The summed E-state index contributed by atoms with van der Waals surface area (Å²) in [6, 6.07) is 1.87. The largest absolute Gasteiger partial charge is 0.419 e. The third-order valence-electron chi connectivity index (χ3n) is 2.81. The number of anilines is 1. The highest BCUT2D eigenvalue weighted by Gasteiger charge is 2.34. The predicted octanol–water partition coefficient (Wildman–Crippen LogP) is 4.06. The van der Waals surface area contributed by atoms with Gasteiger partial charge in [-0.15, -0.1) is 0 Å². The first-order valence-corrected chi connectivity index (χ1v) is 7.45. The summed E-state index contributed by atoms with van der Waals surface area (Å²) >= 11 is 0. The van der Waals surface area contributed by atoms with E-state index >= 15 is 0 Å². The highest BCUT2D eigenvalue weighted by Crippen LogP contribution is 2.33. The van der Waals surface area contributed by atoms with Crippen LogP contribution in [0.5, 0.6) is 0 Å². The average Bonchev–Trinajstić information content (AvgIpc) is 2.45. The van der Waals surface area contributed by atoms with Crippen LogP contribution in [0, 0.1) is 23.3 Å². The molecule has 2 aromatic carbocycles. The van der Waals surface area contributed by atoms with Gasteiger partial charge in [0.2, 0.25) is 0 Å². The summed E-state index contributed by atoms with van der Waals surface area (Å²) in [4.78, 5) is -1.32. The Morgan fingerprint density at radius 1 is 0.833 bits per heavy atom. The van der Waals surface area contributed by atoms with Crippen molar-refractivity contribution in [2.24, 2.45) is 0 Å². The molecule has 3 nitrogen and oxygen atoms in total. The van der Waals surface area contributed by atoms with Gasteiger partial charge in [-0.2, -0.15) is 13.2 Å². The van der Waals surface area contributed by atoms with Gasteiger partial charge in [0.05, 0.1) is 5.56 Å². The number of sulfonamides is 1. The van der Waals surface area contributed by atoms with E-state index < -0.39 is 55.6 Å². The van der Waals surface area contributed by atoms with E-state index in [2.05, 4.69) is 0 Å². The Morgan fingerprint density at radius 2 is 1.42 bits per heavy atom. The van der Waals surface area contributed by atoms with Crippen molar-refractivity contribution in [2.45, 2.75) is 11.1 Å². The number of halogens is 7. The first kappa shape index (κ1) is 18.0. The fourth-order valence-corrected chi connectivity index (χ4v) is 2.85. The number of nitrogens with one attached hydrogen (secondary N) is 1. The van der Waals surface area contributed by atoms with Gasteiger partial charge in [0.1, 0.15) is 10.7 Å². The Balaban J connectivity index is 2.46. The summed E-state index contributed by atoms with van der Waals surface area (Å²) < 4.78 is 116. The molecule has 0 amide bonds. The van der Waals surface area contributed by atoms with E-state index in [1.54, 1.807) is 0 Å². The fraction of sp³-hybridized carbons (Fsp3) is 0.0769. The van der Waals surface area contributed by atoms with Crippen molar-refractivity contribution in [3.8, 4) is 0 Å². The highest BCUT2D eigenvalue weighted by molar-refractivity contribution is 7.92. The number of hydrogen-bond donors (Lipinski definition) is 1. The van der Waals surface area contributed by atoms with Crippen LogP contribution in [0.1, 0.15) is 5.56 Å². The summed E-state index contributed by atoms with van der Waals surface area (Å²) in [5.41, 5.74) is -2.50. The van der Waals surface area contributed by atoms with Crippen molar-refractivity contribution >= 4 is 15.7 Å². The molecular weight excluding hydrogens is 367 g/mol. The second-order valence-corrected chi connectivity index (χ2v) is 6.12. The number of rotatable bonds is 3. The molecule has 2 rings (SSSR count). The SMILES string of the molecule is O=S(=O)(Nc1ccc(F)c(C(F)(F)F)c1)c1ccc(F)c(F)c1F. The van der Waals surface area contributed by atoms with E-state index in [-0.39, 0.29) is 6.07 Å². The number of alkyl halides is 3. The molecular formula is C13H6F7NO2S. The summed E-state index contributed by atoms with van der Waals surface area (Å²) in [6.07, 6.45) is -5.10. The molecule has 0 fully saturated rings. The smallest absolute Gasteiger partial charge is 0.280 e. The molecule has 0 radical (unpaired) electrons. The van der Waals surface area contributed by atoms with Crippen molar-refractivity contribution in [3.63, 3.8) is 0 Å². The molecule has 0 aliphatic heterocycles. The van der Waals surface area contributed by atoms with Gasteiger partial charge in [-0.25, -0.2) is 26.0 Å². The van der Waals surface area contributed by atoms with Crippen LogP contribution in [0.25, 0.3) is 0 Å². The van der Waals surface area contributed by atoms with Gasteiger partial charge in [-0.05, 0) is 30.3 Å². The molecule has 0 aliphatic rings. The predicted molar refractivity (Wildman–Crippen MR) is 68.5 cm³/mol. The quantitative estimate of drug-likeness (QED) is 0.652. The van der Waals surface area contributed by atoms with E-state index in [4.69, 9.17) is 0 Å². The molecule has 130 valence electrons. The standard InChI is InChI=1S/C13H6F7NO2S/c14-8-2-1-6(5-7(8)13(18,19)20)21-24(22,23)10-4-3-9(15)11(16)12(10)17/h1-5,21H. The first-order valence-electron chi connectivity index (χ1n) is 5.96. The zero-order chi connectivity index (χ0) is 18.3. The summed E-state index contributed by atoms with van der Waals surface area (Å²) in [7, 11) is -4.88. The van der Waals surface area contributed by atoms with Gasteiger partial charge in [0.15, 0.2) is 17.5 Å². The minimum atomic E-state index is -5.10. The van der Waals surface area contributed by atoms with Crippen LogP contribution in [0.15, 0.2) is 35.2 Å². The third-order valence-corrected chi connectivity index (χ3v) is 4.21. The molecule has 0 aliphatic carbocycles. The van der Waals surface area contributed by atoms with Crippen molar-refractivity contribution in [3.05, 3.63) is 59.2 Å². The third kappa shape index (κ3) is 3.45. The maximum Gasteiger partial charge on any atom is 0.419 e. The Bertz CT molecular complexity index is 894. The molecule has 0 atom stereocenters. The molecule has 0 aromatic heterocycles. The van der Waals surface area contributed by atoms with E-state index in [0.29, 0.717) is 24.3 Å². The summed E-state index contributed by atoms with van der Waals surface area (Å²) in [5.74, 6) is -7.40. The van der Waals surface area contributed by atoms with Crippen LogP contribution in [-0.2, 0) is 16.2 Å². The molecule has 0 heterocycles. The Kier molecular flexibility index (Phi) is 4.48. The van der Waals surface area contributed by atoms with Gasteiger partial charge >= 0.3 is 6.18 Å². The average molecular weight is 373 g/mol. The van der Waals surface area contributed by atoms with Crippen molar-refractivity contribution < 1.29 is 39.2 Å². The molecule has 0 bridgehead atoms. The Labute approximate surface area is 130 Å². The second kappa shape index (κ2) is 5.96. The zero-order valence-electron chi connectivity index (χ0n) is 11.3. The minimum Gasteiger partial charge on any atom is -0.280 e. The normalized spacial score (nSPS) is 12.3. The van der Waals surface area contributed by atoms with Gasteiger partial charge in [-0.3, -0.25) is 4.72 Å². The molecule has 0 saturated carbocycles. The van der Waals surface area contributed by atoms with Crippen molar-refractivity contribution in [1.82, 2.24) is 0 Å². The summed E-state index contributed by atoms with van der Waals surface area (Å²) in [5, 5.41) is 0. The minimum absolute atomic E-state index is 0.144. The van der Waals surface area contributed by atoms with Crippen LogP contribution in [-0.4, -0.2) is 8.42 Å². The molecule has 0 saturated heterocycles. The number of hydrogen-bond acceptors (Lipinski definition) is 2. The molecule has 1 N–H and O–H groups in total. The van der Waals surface area contributed by atoms with Gasteiger partial charge in [0, 0.05) is 5.69 Å². The van der Waals surface area contributed by atoms with Crippen molar-refractivity contribution in [1.29, 1.82) is 0 Å². The Hall–Kier alpha value is -2.30. The maximum atomic E-state index is 13.5. The first-order chi connectivity index (χ1) is 10.9. The van der Waals surface area contributed by atoms with Gasteiger partial charge in [0.25, 0.3) is 10.0 Å². The zero-order valence-corrected chi connectivity index (χ0v) is 12.1. The molecule has 0 unspecified atom stereocenters. The lowest BCUT2D eigenvalue weighted by Crippen LogP contribution is -2.17. The van der Waals surface area contributed by atoms with E-state index in [0.717, 1.165) is 0 Å². The van der Waals surface area contributed by atoms with Gasteiger partial charge < -0.3 is 0 Å². The van der Waals surface area contributed by atoms with Crippen LogP contribution >= 0.6 is 0 Å². The lowest BCUT2D eigenvalue weighted by Gasteiger charge is -2.12. The topological polar surface area (TPSA) is 46.2 Å². The molecule has 0 spiro atoms. The van der Waals surface area contributed by atoms with Crippen LogP contribution in [0.2, 0.25) is 0 Å². The maximum absolute atomic E-state index is 13.5. The van der Waals surface area contributed by atoms with Crippen LogP contribution < -0.4 is 4.72 Å². The highest BCUT2D eigenvalue weighted by atomic mass is 32.2. The molecule has 24 heavy (non-hydrogen) atoms.